The average Bonchev–Trinajstić information content (AvgIpc) is 3.11. The van der Waals surface area contributed by atoms with Crippen LogP contribution in [0.3, 0.4) is 0 Å². The third kappa shape index (κ3) is 39.9. The molecule has 0 saturated carbocycles. The van der Waals surface area contributed by atoms with E-state index in [1.54, 1.807) is 0 Å². The van der Waals surface area contributed by atoms with Crippen LogP contribution in [0.2, 0.25) is 0 Å². The molecule has 0 spiro atoms. The molecule has 1 N–H and O–H groups in total. The number of carbonyl (C=O) groups excluding carboxylic acids is 1. The Hall–Kier alpha value is -2.43. The topological polar surface area (TPSA) is 55.8 Å². The monoisotopic (exact) mass is 681 g/mol. The summed E-state index contributed by atoms with van der Waals surface area (Å²) >= 11 is 0. The van der Waals surface area contributed by atoms with Gasteiger partial charge in [-0.25, -0.2) is 0 Å². The van der Waals surface area contributed by atoms with Crippen molar-refractivity contribution in [3.63, 3.8) is 0 Å². The molecule has 4 nitrogen and oxygen atoms in total. The van der Waals surface area contributed by atoms with Gasteiger partial charge in [-0.15, -0.1) is 0 Å². The zero-order valence-corrected chi connectivity index (χ0v) is 31.9. The van der Waals surface area contributed by atoms with Gasteiger partial charge in [0, 0.05) is 13.0 Å². The number of aliphatic hydroxyl groups excluding tert-OH is 1. The SMILES string of the molecule is CC/C=C\C/C=C\C/C=C\C/C=C\C/C=C\C/C=C\CCC(=O)OC(CO)COCCCCCCCCCC/C=C\CCCCCCCC. The largest absolute Gasteiger partial charge is 0.457 e. The first-order valence-electron chi connectivity index (χ1n) is 20.2. The molecule has 280 valence electrons. The van der Waals surface area contributed by atoms with Crippen LogP contribution in [0.15, 0.2) is 85.1 Å². The molecule has 4 heteroatoms. The van der Waals surface area contributed by atoms with Crippen molar-refractivity contribution >= 4 is 5.97 Å². The molecule has 0 aliphatic carbocycles. The molecule has 0 saturated heterocycles. The maximum absolute atomic E-state index is 12.1. The number of ether oxygens (including phenoxy) is 2. The summed E-state index contributed by atoms with van der Waals surface area (Å²) in [6, 6.07) is 0. The molecule has 0 radical (unpaired) electrons. The Bertz CT molecular complexity index is 892. The summed E-state index contributed by atoms with van der Waals surface area (Å²) in [7, 11) is 0. The highest BCUT2D eigenvalue weighted by Gasteiger charge is 2.13. The number of unbranched alkanes of at least 4 members (excludes halogenated alkanes) is 14. The van der Waals surface area contributed by atoms with E-state index in [1.807, 2.05) is 6.08 Å². The highest BCUT2D eigenvalue weighted by atomic mass is 16.6. The molecular formula is C45H76O4. The number of carbonyl (C=O) groups is 1. The van der Waals surface area contributed by atoms with E-state index in [-0.39, 0.29) is 19.2 Å². The third-order valence-electron chi connectivity index (χ3n) is 8.22. The van der Waals surface area contributed by atoms with Gasteiger partial charge in [-0.2, -0.15) is 0 Å². The van der Waals surface area contributed by atoms with Crippen molar-refractivity contribution in [2.24, 2.45) is 0 Å². The Balaban J connectivity index is 3.60. The zero-order chi connectivity index (χ0) is 35.6. The van der Waals surface area contributed by atoms with Crippen molar-refractivity contribution in [3.8, 4) is 0 Å². The number of rotatable bonds is 36. The molecule has 0 rings (SSSR count). The van der Waals surface area contributed by atoms with Crippen LogP contribution in [0, 0.1) is 0 Å². The fourth-order valence-electron chi connectivity index (χ4n) is 5.23. The lowest BCUT2D eigenvalue weighted by Crippen LogP contribution is -2.27. The lowest BCUT2D eigenvalue weighted by molar-refractivity contribution is -0.154. The normalized spacial score (nSPS) is 13.3. The van der Waals surface area contributed by atoms with E-state index >= 15 is 0 Å². The van der Waals surface area contributed by atoms with Gasteiger partial charge in [-0.05, 0) is 77.0 Å². The van der Waals surface area contributed by atoms with Crippen molar-refractivity contribution in [2.45, 2.75) is 174 Å². The maximum Gasteiger partial charge on any atom is 0.306 e. The smallest absolute Gasteiger partial charge is 0.306 e. The van der Waals surface area contributed by atoms with Gasteiger partial charge in [0.05, 0.1) is 13.2 Å². The minimum absolute atomic E-state index is 0.208. The fraction of sp³-hybridized carbons (Fsp3) is 0.667. The maximum atomic E-state index is 12.1. The van der Waals surface area contributed by atoms with E-state index in [9.17, 15) is 9.90 Å². The second kappa shape index (κ2) is 41.7. The molecule has 49 heavy (non-hydrogen) atoms. The fourth-order valence-corrected chi connectivity index (χ4v) is 5.23. The van der Waals surface area contributed by atoms with Crippen LogP contribution in [-0.2, 0) is 14.3 Å². The molecule has 1 atom stereocenters. The Morgan fingerprint density at radius 3 is 1.39 bits per heavy atom. The van der Waals surface area contributed by atoms with Gasteiger partial charge in [-0.3, -0.25) is 4.79 Å². The summed E-state index contributed by atoms with van der Waals surface area (Å²) in [4.78, 5) is 12.1. The van der Waals surface area contributed by atoms with Crippen molar-refractivity contribution in [1.82, 2.24) is 0 Å². The van der Waals surface area contributed by atoms with Crippen LogP contribution in [0.1, 0.15) is 168 Å². The summed E-state index contributed by atoms with van der Waals surface area (Å²) in [5.74, 6) is -0.286. The van der Waals surface area contributed by atoms with Crippen LogP contribution in [0.4, 0.5) is 0 Å². The molecule has 0 aromatic rings. The van der Waals surface area contributed by atoms with Gasteiger partial charge in [0.1, 0.15) is 6.10 Å². The minimum Gasteiger partial charge on any atom is -0.457 e. The molecule has 0 fully saturated rings. The zero-order valence-electron chi connectivity index (χ0n) is 31.9. The third-order valence-corrected chi connectivity index (χ3v) is 8.22. The van der Waals surface area contributed by atoms with Crippen LogP contribution in [-0.4, -0.2) is 37.0 Å². The lowest BCUT2D eigenvalue weighted by atomic mass is 10.1. The summed E-state index contributed by atoms with van der Waals surface area (Å²) < 4.78 is 11.1. The number of hydrogen-bond donors (Lipinski definition) is 1. The number of allylic oxidation sites excluding steroid dienone is 14. The quantitative estimate of drug-likeness (QED) is 0.0406. The molecule has 0 aliphatic heterocycles. The average molecular weight is 681 g/mol. The molecule has 1 unspecified atom stereocenters. The van der Waals surface area contributed by atoms with Crippen LogP contribution < -0.4 is 0 Å². The standard InChI is InChI=1S/C45H76O4/c1-3-5-7-9-11-13-15-17-19-21-23-24-26-28-30-32-34-36-38-40-45(47)49-44(42-46)43-48-41-39-37-35-33-31-29-27-25-22-20-18-16-14-12-10-8-6-4-2/h5,7,11,13,17-20,23-24,28,30,34,36,44,46H,3-4,6,8-10,12,14-16,21-22,25-27,29,31-33,35,37-43H2,1-2H3/b7-5-,13-11-,19-17-,20-18-,24-23-,30-28-,36-34-. The predicted octanol–water partition coefficient (Wildman–Crippen LogP) is 13.2. The Kier molecular flexibility index (Phi) is 39.7. The Labute approximate surface area is 303 Å². The van der Waals surface area contributed by atoms with E-state index in [0.29, 0.717) is 19.4 Å². The van der Waals surface area contributed by atoms with E-state index in [2.05, 4.69) is 92.8 Å². The Morgan fingerprint density at radius 2 is 0.918 bits per heavy atom. The highest BCUT2D eigenvalue weighted by Crippen LogP contribution is 2.12. The van der Waals surface area contributed by atoms with Crippen LogP contribution in [0.25, 0.3) is 0 Å². The van der Waals surface area contributed by atoms with Gasteiger partial charge in [0.2, 0.25) is 0 Å². The molecule has 0 bridgehead atoms. The molecule has 0 aromatic heterocycles. The van der Waals surface area contributed by atoms with Crippen molar-refractivity contribution < 1.29 is 19.4 Å². The number of aliphatic hydroxyl groups is 1. The van der Waals surface area contributed by atoms with Crippen LogP contribution in [0.5, 0.6) is 0 Å². The summed E-state index contributed by atoms with van der Waals surface area (Å²) in [6.07, 6.45) is 57.9. The number of esters is 1. The second-order valence-corrected chi connectivity index (χ2v) is 13.0. The lowest BCUT2D eigenvalue weighted by Gasteiger charge is -2.15. The van der Waals surface area contributed by atoms with Crippen molar-refractivity contribution in [2.75, 3.05) is 19.8 Å². The molecule has 0 aliphatic rings. The van der Waals surface area contributed by atoms with Gasteiger partial charge < -0.3 is 14.6 Å². The van der Waals surface area contributed by atoms with E-state index < -0.39 is 6.10 Å². The van der Waals surface area contributed by atoms with Gasteiger partial charge in [0.15, 0.2) is 0 Å². The molecule has 0 amide bonds. The predicted molar refractivity (Wildman–Crippen MR) is 214 cm³/mol. The summed E-state index contributed by atoms with van der Waals surface area (Å²) in [5, 5.41) is 9.57. The Morgan fingerprint density at radius 1 is 0.510 bits per heavy atom. The van der Waals surface area contributed by atoms with Crippen LogP contribution >= 0.6 is 0 Å². The van der Waals surface area contributed by atoms with E-state index in [0.717, 1.165) is 51.4 Å². The van der Waals surface area contributed by atoms with E-state index in [1.165, 1.54) is 89.9 Å². The van der Waals surface area contributed by atoms with Gasteiger partial charge >= 0.3 is 5.97 Å². The first-order valence-corrected chi connectivity index (χ1v) is 20.2. The second-order valence-electron chi connectivity index (χ2n) is 13.0. The van der Waals surface area contributed by atoms with E-state index in [4.69, 9.17) is 9.47 Å². The number of hydrogen-bond acceptors (Lipinski definition) is 4. The molecule has 0 heterocycles. The molecule has 0 aromatic carbocycles. The van der Waals surface area contributed by atoms with Crippen molar-refractivity contribution in [3.05, 3.63) is 85.1 Å². The summed E-state index contributed by atoms with van der Waals surface area (Å²) in [6.45, 7) is 5.13. The highest BCUT2D eigenvalue weighted by molar-refractivity contribution is 5.69. The first kappa shape index (κ1) is 46.6. The van der Waals surface area contributed by atoms with Gasteiger partial charge in [0.25, 0.3) is 0 Å². The van der Waals surface area contributed by atoms with Gasteiger partial charge in [-0.1, -0.05) is 170 Å². The minimum atomic E-state index is -0.580. The first-order chi connectivity index (χ1) is 24.2. The molecular weight excluding hydrogens is 604 g/mol. The summed E-state index contributed by atoms with van der Waals surface area (Å²) in [5.41, 5.74) is 0. The van der Waals surface area contributed by atoms with Crippen molar-refractivity contribution in [1.29, 1.82) is 0 Å².